The summed E-state index contributed by atoms with van der Waals surface area (Å²) in [6, 6.07) is 25.3. The summed E-state index contributed by atoms with van der Waals surface area (Å²) in [4.78, 5) is 15.2. The van der Waals surface area contributed by atoms with E-state index < -0.39 is 20.5 Å². The van der Waals surface area contributed by atoms with E-state index >= 15 is 0 Å². The van der Waals surface area contributed by atoms with E-state index in [1.165, 1.54) is 0 Å². The van der Waals surface area contributed by atoms with Crippen molar-refractivity contribution in [1.29, 1.82) is 0 Å². The molecule has 2 aliphatic rings. The first-order chi connectivity index (χ1) is 17.9. The molecule has 5 rings (SSSR count). The van der Waals surface area contributed by atoms with Gasteiger partial charge < -0.3 is 9.64 Å². The molecular formula is C31H33NO4S. The SMILES string of the molecule is CCOC(=O)C1(c2ccccc2)CCN(CCS(=O)(=O)C2c3ccccc3C=Cc3ccccc32)CC1. The Kier molecular flexibility index (Phi) is 7.31. The van der Waals surface area contributed by atoms with E-state index in [2.05, 4.69) is 4.90 Å². The van der Waals surface area contributed by atoms with Crippen molar-refractivity contribution in [3.05, 3.63) is 107 Å². The van der Waals surface area contributed by atoms with E-state index in [1.807, 2.05) is 97.9 Å². The molecule has 0 aromatic heterocycles. The molecule has 37 heavy (non-hydrogen) atoms. The number of hydrogen-bond acceptors (Lipinski definition) is 5. The molecule has 1 saturated heterocycles. The van der Waals surface area contributed by atoms with Crippen LogP contribution in [0, 0.1) is 0 Å². The van der Waals surface area contributed by atoms with Crippen LogP contribution in [0.2, 0.25) is 0 Å². The number of ether oxygens (including phenoxy) is 1. The number of benzene rings is 3. The minimum Gasteiger partial charge on any atom is -0.465 e. The highest BCUT2D eigenvalue weighted by molar-refractivity contribution is 7.91. The monoisotopic (exact) mass is 515 g/mol. The minimum atomic E-state index is -3.51. The summed E-state index contributed by atoms with van der Waals surface area (Å²) in [6.45, 7) is 3.89. The highest BCUT2D eigenvalue weighted by Gasteiger charge is 2.44. The summed E-state index contributed by atoms with van der Waals surface area (Å²) in [5.74, 6) is -0.134. The summed E-state index contributed by atoms with van der Waals surface area (Å²) in [5.41, 5.74) is 3.82. The van der Waals surface area contributed by atoms with Crippen molar-refractivity contribution in [1.82, 2.24) is 4.90 Å². The molecule has 1 fully saturated rings. The van der Waals surface area contributed by atoms with Crippen molar-refractivity contribution < 1.29 is 17.9 Å². The van der Waals surface area contributed by atoms with Gasteiger partial charge in [-0.2, -0.15) is 0 Å². The maximum Gasteiger partial charge on any atom is 0.316 e. The van der Waals surface area contributed by atoms with Gasteiger partial charge in [-0.15, -0.1) is 0 Å². The summed E-state index contributed by atoms with van der Waals surface area (Å²) in [5, 5.41) is -0.706. The van der Waals surface area contributed by atoms with Crippen LogP contribution in [0.25, 0.3) is 12.2 Å². The Balaban J connectivity index is 1.35. The van der Waals surface area contributed by atoms with Crippen molar-refractivity contribution in [2.75, 3.05) is 32.0 Å². The van der Waals surface area contributed by atoms with E-state index in [9.17, 15) is 13.2 Å². The van der Waals surface area contributed by atoms with Crippen LogP contribution in [0.4, 0.5) is 0 Å². The maximum absolute atomic E-state index is 13.9. The Morgan fingerprint density at radius 2 is 1.41 bits per heavy atom. The van der Waals surface area contributed by atoms with Crippen LogP contribution in [-0.2, 0) is 24.8 Å². The second kappa shape index (κ2) is 10.6. The fourth-order valence-electron chi connectivity index (χ4n) is 5.71. The molecule has 192 valence electrons. The van der Waals surface area contributed by atoms with Crippen molar-refractivity contribution in [3.8, 4) is 0 Å². The van der Waals surface area contributed by atoms with E-state index in [0.717, 1.165) is 27.8 Å². The molecule has 3 aromatic rings. The quantitative estimate of drug-likeness (QED) is 0.401. The Labute approximate surface area is 219 Å². The number of fused-ring (bicyclic) bond motifs is 2. The van der Waals surface area contributed by atoms with Gasteiger partial charge in [-0.1, -0.05) is 91.0 Å². The molecule has 1 aliphatic heterocycles. The molecule has 5 nitrogen and oxygen atoms in total. The number of carbonyl (C=O) groups is 1. The molecule has 0 unspecified atom stereocenters. The third-order valence-corrected chi connectivity index (χ3v) is 9.73. The van der Waals surface area contributed by atoms with Gasteiger partial charge in [0.1, 0.15) is 5.25 Å². The van der Waals surface area contributed by atoms with Crippen LogP contribution < -0.4 is 0 Å². The zero-order valence-corrected chi connectivity index (χ0v) is 22.0. The molecule has 0 radical (unpaired) electrons. The van der Waals surface area contributed by atoms with E-state index in [-0.39, 0.29) is 11.7 Å². The lowest BCUT2D eigenvalue weighted by atomic mass is 9.72. The highest BCUT2D eigenvalue weighted by Crippen LogP contribution is 2.40. The van der Waals surface area contributed by atoms with Crippen LogP contribution in [0.1, 0.15) is 52.8 Å². The highest BCUT2D eigenvalue weighted by atomic mass is 32.2. The molecule has 0 N–H and O–H groups in total. The molecular weight excluding hydrogens is 482 g/mol. The van der Waals surface area contributed by atoms with Crippen molar-refractivity contribution in [3.63, 3.8) is 0 Å². The number of likely N-dealkylation sites (tertiary alicyclic amines) is 1. The Morgan fingerprint density at radius 1 is 0.865 bits per heavy atom. The van der Waals surface area contributed by atoms with Gasteiger partial charge in [0.05, 0.1) is 17.8 Å². The Hall–Kier alpha value is -3.22. The van der Waals surface area contributed by atoms with Gasteiger partial charge in [0.15, 0.2) is 9.84 Å². The van der Waals surface area contributed by atoms with Gasteiger partial charge in [-0.25, -0.2) is 8.42 Å². The number of rotatable bonds is 7. The second-order valence-corrected chi connectivity index (χ2v) is 12.1. The van der Waals surface area contributed by atoms with E-state index in [1.54, 1.807) is 0 Å². The summed E-state index contributed by atoms with van der Waals surface area (Å²) >= 11 is 0. The lowest BCUT2D eigenvalue weighted by Gasteiger charge is -2.40. The van der Waals surface area contributed by atoms with Crippen LogP contribution in [0.3, 0.4) is 0 Å². The maximum atomic E-state index is 13.9. The Bertz CT molecular complexity index is 1340. The predicted molar refractivity (Wildman–Crippen MR) is 148 cm³/mol. The summed E-state index contributed by atoms with van der Waals surface area (Å²) < 4.78 is 33.3. The molecule has 0 atom stereocenters. The van der Waals surface area contributed by atoms with Gasteiger partial charge in [0, 0.05) is 6.54 Å². The normalized spacial score (nSPS) is 17.4. The van der Waals surface area contributed by atoms with Crippen molar-refractivity contribution >= 4 is 28.0 Å². The topological polar surface area (TPSA) is 63.7 Å². The molecule has 6 heteroatoms. The molecule has 0 amide bonds. The fraction of sp³-hybridized carbons (Fsp3) is 0.323. The molecule has 0 saturated carbocycles. The van der Waals surface area contributed by atoms with E-state index in [4.69, 9.17) is 4.74 Å². The third-order valence-electron chi connectivity index (χ3n) is 7.75. The average molecular weight is 516 g/mol. The molecule has 1 heterocycles. The average Bonchev–Trinajstić information content (AvgIpc) is 3.10. The number of esters is 1. The van der Waals surface area contributed by atoms with Gasteiger partial charge >= 0.3 is 5.97 Å². The largest absolute Gasteiger partial charge is 0.465 e. The Morgan fingerprint density at radius 3 is 1.97 bits per heavy atom. The molecule has 3 aromatic carbocycles. The van der Waals surface area contributed by atoms with Gasteiger partial charge in [0.2, 0.25) is 0 Å². The van der Waals surface area contributed by atoms with Crippen molar-refractivity contribution in [2.24, 2.45) is 0 Å². The number of hydrogen-bond donors (Lipinski definition) is 0. The number of carbonyl (C=O) groups excluding carboxylic acids is 1. The second-order valence-electron chi connectivity index (χ2n) is 9.85. The number of piperidine rings is 1. The third kappa shape index (κ3) is 5.00. The number of nitrogens with zero attached hydrogens (tertiary/aromatic N) is 1. The van der Waals surface area contributed by atoms with Crippen molar-refractivity contribution in [2.45, 2.75) is 30.4 Å². The molecule has 0 bridgehead atoms. The summed E-state index contributed by atoms with van der Waals surface area (Å²) in [7, 11) is -3.51. The fourth-order valence-corrected chi connectivity index (χ4v) is 7.66. The van der Waals surface area contributed by atoms with Gasteiger partial charge in [-0.05, 0) is 60.7 Å². The van der Waals surface area contributed by atoms with E-state index in [0.29, 0.717) is 39.1 Å². The lowest BCUT2D eigenvalue weighted by molar-refractivity contribution is -0.152. The van der Waals surface area contributed by atoms with Crippen LogP contribution in [-0.4, -0.2) is 51.3 Å². The van der Waals surface area contributed by atoms with Gasteiger partial charge in [-0.3, -0.25) is 4.79 Å². The minimum absolute atomic E-state index is 0.0536. The first-order valence-corrected chi connectivity index (χ1v) is 14.7. The number of sulfone groups is 1. The van der Waals surface area contributed by atoms with Gasteiger partial charge in [0.25, 0.3) is 0 Å². The summed E-state index contributed by atoms with van der Waals surface area (Å²) in [6.07, 6.45) is 5.23. The molecule has 1 aliphatic carbocycles. The standard InChI is InChI=1S/C31H33NO4S/c1-2-36-30(33)31(26-12-4-3-5-13-26)18-20-32(21-19-31)22-23-37(34,35)29-27-14-8-6-10-24(27)16-17-25-11-7-9-15-28(25)29/h3-17,29H,2,18-23H2,1H3. The zero-order chi connectivity index (χ0) is 25.9. The predicted octanol–water partition coefficient (Wildman–Crippen LogP) is 5.27. The smallest absolute Gasteiger partial charge is 0.316 e. The van der Waals surface area contributed by atoms with Crippen LogP contribution in [0.15, 0.2) is 78.9 Å². The first kappa shape index (κ1) is 25.4. The lowest BCUT2D eigenvalue weighted by Crippen LogP contribution is -2.49. The van der Waals surface area contributed by atoms with Crippen LogP contribution >= 0.6 is 0 Å². The molecule has 0 spiro atoms. The van der Waals surface area contributed by atoms with Crippen LogP contribution in [0.5, 0.6) is 0 Å². The zero-order valence-electron chi connectivity index (χ0n) is 21.2. The first-order valence-electron chi connectivity index (χ1n) is 13.0.